The van der Waals surface area contributed by atoms with Crippen molar-refractivity contribution in [2.24, 2.45) is 0 Å². The Bertz CT molecular complexity index is 913. The molecule has 1 aromatic heterocycles. The number of carbonyl (C=O) groups excluding carboxylic acids is 1. The molecule has 6 heteroatoms. The number of anilines is 3. The lowest BCUT2D eigenvalue weighted by atomic mass is 10.2. The van der Waals surface area contributed by atoms with Gasteiger partial charge in [0.25, 0.3) is 5.91 Å². The Hall–Kier alpha value is -2.92. The molecular formula is C19H15ClFN3O. The van der Waals surface area contributed by atoms with Crippen LogP contribution in [0.4, 0.5) is 21.6 Å². The predicted octanol–water partition coefficient (Wildman–Crippen LogP) is 5.18. The van der Waals surface area contributed by atoms with E-state index in [1.807, 2.05) is 25.1 Å². The van der Waals surface area contributed by atoms with Crippen LogP contribution < -0.4 is 10.6 Å². The van der Waals surface area contributed by atoms with Gasteiger partial charge in [-0.2, -0.15) is 0 Å². The topological polar surface area (TPSA) is 54.0 Å². The fourth-order valence-electron chi connectivity index (χ4n) is 2.27. The van der Waals surface area contributed by atoms with Crippen LogP contribution in [0, 0.1) is 12.7 Å². The highest BCUT2D eigenvalue weighted by molar-refractivity contribution is 6.31. The summed E-state index contributed by atoms with van der Waals surface area (Å²) in [5.41, 5.74) is 2.52. The Labute approximate surface area is 149 Å². The first kappa shape index (κ1) is 16.9. The maximum Gasteiger partial charge on any atom is 0.259 e. The minimum absolute atomic E-state index is 0.0268. The number of nitrogens with one attached hydrogen (secondary N) is 2. The first-order chi connectivity index (χ1) is 12.0. The molecule has 3 rings (SSSR count). The highest BCUT2D eigenvalue weighted by Gasteiger charge is 2.11. The number of hydrogen-bond donors (Lipinski definition) is 2. The smallest absolute Gasteiger partial charge is 0.259 e. The summed E-state index contributed by atoms with van der Waals surface area (Å²) >= 11 is 6.10. The Balaban J connectivity index is 1.71. The number of pyridine rings is 1. The van der Waals surface area contributed by atoms with Crippen molar-refractivity contribution in [1.82, 2.24) is 4.98 Å². The highest BCUT2D eigenvalue weighted by Crippen LogP contribution is 2.26. The third-order valence-electron chi connectivity index (χ3n) is 3.67. The van der Waals surface area contributed by atoms with E-state index in [1.165, 1.54) is 18.2 Å². The van der Waals surface area contributed by atoms with Crippen molar-refractivity contribution < 1.29 is 9.18 Å². The van der Waals surface area contributed by atoms with Gasteiger partial charge in [-0.15, -0.1) is 0 Å². The zero-order chi connectivity index (χ0) is 17.8. The molecule has 0 unspecified atom stereocenters. The molecule has 0 spiro atoms. The van der Waals surface area contributed by atoms with Crippen LogP contribution >= 0.6 is 11.6 Å². The largest absolute Gasteiger partial charge is 0.354 e. The molecular weight excluding hydrogens is 341 g/mol. The van der Waals surface area contributed by atoms with Crippen LogP contribution in [0.15, 0.2) is 60.8 Å². The van der Waals surface area contributed by atoms with E-state index in [4.69, 9.17) is 11.6 Å². The van der Waals surface area contributed by atoms with E-state index in [0.29, 0.717) is 10.8 Å². The highest BCUT2D eigenvalue weighted by atomic mass is 35.5. The van der Waals surface area contributed by atoms with Crippen molar-refractivity contribution >= 4 is 34.7 Å². The quantitative estimate of drug-likeness (QED) is 0.678. The second-order valence-electron chi connectivity index (χ2n) is 5.40. The molecule has 0 atom stereocenters. The summed E-state index contributed by atoms with van der Waals surface area (Å²) in [6, 6.07) is 14.8. The molecule has 1 heterocycles. The zero-order valence-electron chi connectivity index (χ0n) is 13.4. The summed E-state index contributed by atoms with van der Waals surface area (Å²) in [6.07, 6.45) is 1.58. The molecule has 2 aromatic carbocycles. The predicted molar refractivity (Wildman–Crippen MR) is 98.1 cm³/mol. The van der Waals surface area contributed by atoms with Crippen molar-refractivity contribution in [2.75, 3.05) is 10.6 Å². The van der Waals surface area contributed by atoms with Gasteiger partial charge in [-0.25, -0.2) is 9.37 Å². The molecule has 0 saturated heterocycles. The minimum atomic E-state index is -0.574. The van der Waals surface area contributed by atoms with Crippen LogP contribution in [0.5, 0.6) is 0 Å². The average molecular weight is 356 g/mol. The van der Waals surface area contributed by atoms with Gasteiger partial charge < -0.3 is 10.6 Å². The molecule has 2 N–H and O–H groups in total. The summed E-state index contributed by atoms with van der Waals surface area (Å²) in [4.78, 5) is 16.2. The summed E-state index contributed by atoms with van der Waals surface area (Å²) < 4.78 is 13.6. The lowest BCUT2D eigenvalue weighted by Gasteiger charge is -2.11. The molecule has 25 heavy (non-hydrogen) atoms. The molecule has 0 saturated carbocycles. The Morgan fingerprint density at radius 2 is 1.88 bits per heavy atom. The number of benzene rings is 2. The van der Waals surface area contributed by atoms with Crippen LogP contribution in [-0.4, -0.2) is 10.9 Å². The number of carbonyl (C=O) groups is 1. The van der Waals surface area contributed by atoms with Crippen LogP contribution in [0.25, 0.3) is 0 Å². The van der Waals surface area contributed by atoms with Crippen LogP contribution in [0.1, 0.15) is 15.9 Å². The van der Waals surface area contributed by atoms with Crippen molar-refractivity contribution in [2.45, 2.75) is 6.92 Å². The van der Waals surface area contributed by atoms with Crippen molar-refractivity contribution in [1.29, 1.82) is 0 Å². The fraction of sp³-hybridized carbons (Fsp3) is 0.0526. The molecule has 4 nitrogen and oxygen atoms in total. The van der Waals surface area contributed by atoms with E-state index in [9.17, 15) is 9.18 Å². The third-order valence-corrected chi connectivity index (χ3v) is 4.08. The van der Waals surface area contributed by atoms with Crippen molar-refractivity contribution in [3.63, 3.8) is 0 Å². The Morgan fingerprint density at radius 1 is 1.08 bits per heavy atom. The number of rotatable bonds is 4. The number of nitrogens with zero attached hydrogens (tertiary/aromatic N) is 1. The number of hydrogen-bond acceptors (Lipinski definition) is 3. The number of aromatic nitrogens is 1. The Kier molecular flexibility index (Phi) is 4.95. The number of halogens is 2. The fourth-order valence-corrected chi connectivity index (χ4v) is 2.44. The standard InChI is InChI=1S/C19H15ClFN3O/c1-12-15(20)6-4-8-17(12)23-13-9-10-18(22-11-13)24-19(25)14-5-2-3-7-16(14)21/h2-11,23H,1H3,(H,22,24,25). The molecule has 0 radical (unpaired) electrons. The van der Waals surface area contributed by atoms with Gasteiger partial charge in [-0.05, 0) is 48.9 Å². The van der Waals surface area contributed by atoms with Gasteiger partial charge in [0.05, 0.1) is 17.4 Å². The summed E-state index contributed by atoms with van der Waals surface area (Å²) in [5, 5.41) is 6.46. The van der Waals surface area contributed by atoms with E-state index in [0.717, 1.165) is 16.9 Å². The number of amides is 1. The minimum Gasteiger partial charge on any atom is -0.354 e. The van der Waals surface area contributed by atoms with E-state index >= 15 is 0 Å². The summed E-state index contributed by atoms with van der Waals surface area (Å²) in [6.45, 7) is 1.92. The lowest BCUT2D eigenvalue weighted by Crippen LogP contribution is -2.14. The van der Waals surface area contributed by atoms with Crippen molar-refractivity contribution in [3.05, 3.63) is 82.8 Å². The van der Waals surface area contributed by atoms with Gasteiger partial charge >= 0.3 is 0 Å². The van der Waals surface area contributed by atoms with E-state index in [-0.39, 0.29) is 5.56 Å². The van der Waals surface area contributed by atoms with Crippen molar-refractivity contribution in [3.8, 4) is 0 Å². The lowest BCUT2D eigenvalue weighted by molar-refractivity contribution is 0.102. The molecule has 126 valence electrons. The first-order valence-corrected chi connectivity index (χ1v) is 7.96. The average Bonchev–Trinajstić information content (AvgIpc) is 2.61. The van der Waals surface area contributed by atoms with Gasteiger partial charge in [-0.1, -0.05) is 29.8 Å². The maximum atomic E-state index is 13.6. The van der Waals surface area contributed by atoms with Gasteiger partial charge in [0.1, 0.15) is 11.6 Å². The molecule has 3 aromatic rings. The summed E-state index contributed by atoms with van der Waals surface area (Å²) in [7, 11) is 0. The molecule has 0 aliphatic carbocycles. The van der Waals surface area contributed by atoms with Gasteiger partial charge in [0, 0.05) is 10.7 Å². The molecule has 0 fully saturated rings. The second kappa shape index (κ2) is 7.32. The van der Waals surface area contributed by atoms with E-state index in [1.54, 1.807) is 24.4 Å². The molecule has 0 aliphatic heterocycles. The van der Waals surface area contributed by atoms with Gasteiger partial charge in [0.15, 0.2) is 0 Å². The van der Waals surface area contributed by atoms with Crippen LogP contribution in [0.2, 0.25) is 5.02 Å². The molecule has 0 bridgehead atoms. The van der Waals surface area contributed by atoms with Crippen LogP contribution in [-0.2, 0) is 0 Å². The SMILES string of the molecule is Cc1c(Cl)cccc1Nc1ccc(NC(=O)c2ccccc2F)nc1. The van der Waals surface area contributed by atoms with E-state index < -0.39 is 11.7 Å². The monoisotopic (exact) mass is 355 g/mol. The third kappa shape index (κ3) is 3.95. The first-order valence-electron chi connectivity index (χ1n) is 7.58. The van der Waals surface area contributed by atoms with Gasteiger partial charge in [0.2, 0.25) is 0 Å². The van der Waals surface area contributed by atoms with E-state index in [2.05, 4.69) is 15.6 Å². The normalized spacial score (nSPS) is 10.4. The molecule has 0 aliphatic rings. The molecule has 1 amide bonds. The maximum absolute atomic E-state index is 13.6. The second-order valence-corrected chi connectivity index (χ2v) is 5.81. The van der Waals surface area contributed by atoms with Crippen LogP contribution in [0.3, 0.4) is 0 Å². The zero-order valence-corrected chi connectivity index (χ0v) is 14.1. The van der Waals surface area contributed by atoms with Gasteiger partial charge in [-0.3, -0.25) is 4.79 Å². The summed E-state index contributed by atoms with van der Waals surface area (Å²) in [5.74, 6) is -0.784. The Morgan fingerprint density at radius 3 is 2.60 bits per heavy atom.